The number of carbonyl (C=O) groups excluding carboxylic acids is 2. The minimum absolute atomic E-state index is 0.0989. The molecule has 54 heavy (non-hydrogen) atoms. The first-order valence-electron chi connectivity index (χ1n) is 19.9. The molecule has 1 unspecified atom stereocenters. The number of phosphoric ester groups is 1. The molecule has 0 rings (SSSR count). The van der Waals surface area contributed by atoms with Gasteiger partial charge in [-0.2, -0.15) is 0 Å². The third kappa shape index (κ3) is 33.9. The number of carboxylic acids is 1. The largest absolute Gasteiger partial charge is 0.480 e. The average molecular weight is 788 g/mol. The molecule has 0 saturated carbocycles. The second-order valence-corrected chi connectivity index (χ2v) is 14.9. The van der Waals surface area contributed by atoms with E-state index < -0.39 is 69.9 Å². The minimum atomic E-state index is -4.78. The number of esters is 2. The highest BCUT2D eigenvalue weighted by Gasteiger charge is 2.28. The number of aliphatic hydroxyl groups excluding tert-OH is 2. The highest BCUT2D eigenvalue weighted by Crippen LogP contribution is 2.43. The van der Waals surface area contributed by atoms with Crippen LogP contribution in [0.2, 0.25) is 0 Å². The predicted molar refractivity (Wildman–Crippen MR) is 210 cm³/mol. The maximum Gasteiger partial charge on any atom is 0.472 e. The number of aliphatic hydroxyl groups is 2. The Kier molecular flexibility index (Phi) is 33.1. The van der Waals surface area contributed by atoms with Gasteiger partial charge in [-0.15, -0.1) is 0 Å². The first-order chi connectivity index (χ1) is 25.9. The molecule has 0 aromatic carbocycles. The summed E-state index contributed by atoms with van der Waals surface area (Å²) < 4.78 is 32.4. The molecule has 0 aromatic heterocycles. The van der Waals surface area contributed by atoms with Crippen LogP contribution in [0, 0.1) is 0 Å². The van der Waals surface area contributed by atoms with Crippen molar-refractivity contribution in [2.45, 2.75) is 167 Å². The Hall–Kier alpha value is -2.64. The van der Waals surface area contributed by atoms with Crippen molar-refractivity contribution >= 4 is 25.7 Å². The van der Waals surface area contributed by atoms with Crippen LogP contribution in [0.15, 0.2) is 48.6 Å². The van der Waals surface area contributed by atoms with Crippen LogP contribution in [0.25, 0.3) is 0 Å². The smallest absolute Gasteiger partial charge is 0.472 e. The second kappa shape index (κ2) is 34.8. The lowest BCUT2D eigenvalue weighted by Crippen LogP contribution is -2.34. The summed E-state index contributed by atoms with van der Waals surface area (Å²) >= 11 is 0. The number of hydrogen-bond donors (Lipinski definition) is 5. The summed E-state index contributed by atoms with van der Waals surface area (Å²) in [5, 5.41) is 29.1. The molecule has 0 saturated heterocycles. The van der Waals surface area contributed by atoms with Crippen LogP contribution < -0.4 is 5.73 Å². The second-order valence-electron chi connectivity index (χ2n) is 13.5. The van der Waals surface area contributed by atoms with E-state index in [-0.39, 0.29) is 25.7 Å². The zero-order valence-electron chi connectivity index (χ0n) is 32.8. The highest BCUT2D eigenvalue weighted by atomic mass is 31.2. The summed E-state index contributed by atoms with van der Waals surface area (Å²) in [4.78, 5) is 45.8. The number of rotatable bonds is 36. The van der Waals surface area contributed by atoms with E-state index in [9.17, 15) is 34.1 Å². The number of hydrogen-bond acceptors (Lipinski definition) is 11. The van der Waals surface area contributed by atoms with E-state index in [1.807, 2.05) is 6.08 Å². The molecule has 6 N–H and O–H groups in total. The molecule has 0 spiro atoms. The summed E-state index contributed by atoms with van der Waals surface area (Å²) in [6.07, 6.45) is 29.6. The van der Waals surface area contributed by atoms with Crippen molar-refractivity contribution in [3.05, 3.63) is 48.6 Å². The molecule has 0 heterocycles. The van der Waals surface area contributed by atoms with Crippen LogP contribution in [0.4, 0.5) is 0 Å². The average Bonchev–Trinajstić information content (AvgIpc) is 3.13. The van der Waals surface area contributed by atoms with Gasteiger partial charge >= 0.3 is 25.7 Å². The van der Waals surface area contributed by atoms with Crippen molar-refractivity contribution in [3.8, 4) is 0 Å². The van der Waals surface area contributed by atoms with E-state index in [1.165, 1.54) is 57.8 Å². The monoisotopic (exact) mass is 787 g/mol. The minimum Gasteiger partial charge on any atom is -0.480 e. The Morgan fingerprint density at radius 3 is 1.81 bits per heavy atom. The van der Waals surface area contributed by atoms with Crippen LogP contribution in [-0.2, 0) is 37.5 Å². The predicted octanol–water partition coefficient (Wildman–Crippen LogP) is 7.78. The normalized spacial score (nSPS) is 15.5. The molecule has 0 aromatic rings. The molecule has 13 nitrogen and oxygen atoms in total. The van der Waals surface area contributed by atoms with Gasteiger partial charge in [0.2, 0.25) is 0 Å². The molecule has 0 amide bonds. The van der Waals surface area contributed by atoms with Gasteiger partial charge in [-0.1, -0.05) is 140 Å². The molecule has 0 radical (unpaired) electrons. The Bertz CT molecular complexity index is 1140. The maximum atomic E-state index is 12.6. The topological polar surface area (TPSA) is 212 Å². The van der Waals surface area contributed by atoms with E-state index >= 15 is 0 Å². The van der Waals surface area contributed by atoms with E-state index in [1.54, 1.807) is 36.5 Å². The third-order valence-corrected chi connectivity index (χ3v) is 9.22. The van der Waals surface area contributed by atoms with E-state index in [0.717, 1.165) is 32.1 Å². The van der Waals surface area contributed by atoms with Gasteiger partial charge in [0.15, 0.2) is 6.10 Å². The van der Waals surface area contributed by atoms with Crippen molar-refractivity contribution in [1.82, 2.24) is 0 Å². The van der Waals surface area contributed by atoms with Crippen molar-refractivity contribution in [3.63, 3.8) is 0 Å². The first kappa shape index (κ1) is 51.4. The number of carbonyl (C=O) groups is 3. The summed E-state index contributed by atoms with van der Waals surface area (Å²) in [7, 11) is -4.78. The molecule has 14 heteroatoms. The lowest BCUT2D eigenvalue weighted by atomic mass is 10.1. The van der Waals surface area contributed by atoms with Gasteiger partial charge in [-0.25, -0.2) is 4.57 Å². The third-order valence-electron chi connectivity index (χ3n) is 8.27. The number of aliphatic carboxylic acids is 1. The number of carboxylic acid groups (broad SMARTS) is 1. The summed E-state index contributed by atoms with van der Waals surface area (Å²) in [6.45, 7) is 2.46. The number of allylic oxidation sites excluding steroid dienone is 5. The maximum absolute atomic E-state index is 12.6. The van der Waals surface area contributed by atoms with Gasteiger partial charge in [0.1, 0.15) is 12.6 Å². The van der Waals surface area contributed by atoms with Crippen LogP contribution in [0.5, 0.6) is 0 Å². The Balaban J connectivity index is 4.71. The number of nitrogens with two attached hydrogens (primary N) is 1. The molecule has 0 bridgehead atoms. The van der Waals surface area contributed by atoms with Gasteiger partial charge < -0.3 is 35.4 Å². The van der Waals surface area contributed by atoms with Gasteiger partial charge in [0.05, 0.1) is 25.4 Å². The van der Waals surface area contributed by atoms with Gasteiger partial charge in [-0.05, 0) is 38.5 Å². The van der Waals surface area contributed by atoms with Crippen LogP contribution in [-0.4, -0.2) is 82.3 Å². The zero-order valence-corrected chi connectivity index (χ0v) is 33.7. The van der Waals surface area contributed by atoms with Gasteiger partial charge in [0.25, 0.3) is 0 Å². The highest BCUT2D eigenvalue weighted by molar-refractivity contribution is 7.47. The van der Waals surface area contributed by atoms with Gasteiger partial charge in [0, 0.05) is 12.8 Å². The van der Waals surface area contributed by atoms with E-state index in [0.29, 0.717) is 12.8 Å². The van der Waals surface area contributed by atoms with E-state index in [2.05, 4.69) is 24.4 Å². The molecule has 312 valence electrons. The molecule has 0 aliphatic rings. The number of ether oxygens (including phenoxy) is 2. The standard InChI is InChI=1S/C40H70NO12P/c1-3-5-7-9-11-12-13-14-15-17-23-29-38(44)50-31-36(32-51-54(48,49)52-33-37(41)40(46)47)53-39(45)30-24-28-35(43)27-22-19-18-21-26-34(42)25-20-16-10-8-6-4-2/h16,18-22,26-27,34-37,42-43H,3-15,17,23-25,28-33,41H2,1-2H3,(H,46,47)(H,48,49)/b19-18+,20-16-,26-21+,27-22-/t34-,35-,36+,37-/m0/s1. The summed E-state index contributed by atoms with van der Waals surface area (Å²) in [5.74, 6) is -2.66. The van der Waals surface area contributed by atoms with Crippen molar-refractivity contribution < 1.29 is 57.7 Å². The van der Waals surface area contributed by atoms with Crippen LogP contribution in [0.3, 0.4) is 0 Å². The Morgan fingerprint density at radius 1 is 0.667 bits per heavy atom. The van der Waals surface area contributed by atoms with Crippen LogP contribution >= 0.6 is 7.82 Å². The zero-order chi connectivity index (χ0) is 40.3. The van der Waals surface area contributed by atoms with Crippen molar-refractivity contribution in [2.24, 2.45) is 5.73 Å². The lowest BCUT2D eigenvalue weighted by molar-refractivity contribution is -0.161. The Labute approximate surface area is 323 Å². The fourth-order valence-electron chi connectivity index (χ4n) is 5.02. The number of unbranched alkanes of at least 4 members (excludes halogenated alkanes) is 13. The lowest BCUT2D eigenvalue weighted by Gasteiger charge is -2.20. The van der Waals surface area contributed by atoms with Crippen LogP contribution in [0.1, 0.15) is 142 Å². The van der Waals surface area contributed by atoms with E-state index in [4.69, 9.17) is 24.8 Å². The van der Waals surface area contributed by atoms with Gasteiger partial charge in [-0.3, -0.25) is 23.4 Å². The van der Waals surface area contributed by atoms with Crippen molar-refractivity contribution in [1.29, 1.82) is 0 Å². The Morgan fingerprint density at radius 2 is 1.20 bits per heavy atom. The molecular weight excluding hydrogens is 717 g/mol. The molecule has 0 aliphatic carbocycles. The quantitative estimate of drug-likeness (QED) is 0.0135. The fraction of sp³-hybridized carbons (Fsp3) is 0.725. The SMILES string of the molecule is CCCCC/C=C\C[C@H](O)/C=C/C=C/C=C\[C@H](O)CCCC(=O)O[C@H](COC(=O)CCCCCCCCCCCCC)COP(=O)(O)OC[C@H](N)C(=O)O. The summed E-state index contributed by atoms with van der Waals surface area (Å²) in [6, 6.07) is -1.56. The molecule has 0 fully saturated rings. The molecule has 5 atom stereocenters. The van der Waals surface area contributed by atoms with Crippen molar-refractivity contribution in [2.75, 3.05) is 19.8 Å². The fourth-order valence-corrected chi connectivity index (χ4v) is 5.80. The molecular formula is C40H70NO12P. The number of phosphoric acid groups is 1. The summed E-state index contributed by atoms with van der Waals surface area (Å²) in [5.41, 5.74) is 5.30. The molecule has 0 aliphatic heterocycles. The first-order valence-corrected chi connectivity index (χ1v) is 21.4.